The lowest BCUT2D eigenvalue weighted by molar-refractivity contribution is -0.117. The first-order valence-corrected chi connectivity index (χ1v) is 4.28. The molecule has 0 saturated carbocycles. The summed E-state index contributed by atoms with van der Waals surface area (Å²) in [5.41, 5.74) is 0. The minimum absolute atomic E-state index is 0.0752. The van der Waals surface area contributed by atoms with E-state index in [9.17, 15) is 9.59 Å². The highest BCUT2D eigenvalue weighted by Gasteiger charge is 2.12. The van der Waals surface area contributed by atoms with E-state index in [0.29, 0.717) is 5.76 Å². The number of hydrogen-bond donors (Lipinski definition) is 0. The van der Waals surface area contributed by atoms with Gasteiger partial charge in [0.05, 0.1) is 6.26 Å². The number of nitrogens with zero attached hydrogens (tertiary/aromatic N) is 2. The number of aromatic nitrogens is 2. The van der Waals surface area contributed by atoms with Gasteiger partial charge in [-0.2, -0.15) is 4.68 Å². The fraction of sp³-hybridized carbons (Fsp3) is 0.222. The van der Waals surface area contributed by atoms with Crippen molar-refractivity contribution >= 4 is 5.78 Å². The highest BCUT2D eigenvalue weighted by Crippen LogP contribution is 2.14. The Bertz CT molecular complexity index is 521. The van der Waals surface area contributed by atoms with Crippen LogP contribution in [0.1, 0.15) is 6.92 Å². The minimum atomic E-state index is -0.670. The molecule has 0 spiro atoms. The maximum Gasteiger partial charge on any atom is 0.437 e. The maximum absolute atomic E-state index is 11.2. The highest BCUT2D eigenvalue weighted by molar-refractivity contribution is 5.75. The Kier molecular flexibility index (Phi) is 2.24. The quantitative estimate of drug-likeness (QED) is 0.741. The van der Waals surface area contributed by atoms with E-state index in [-0.39, 0.29) is 18.2 Å². The van der Waals surface area contributed by atoms with E-state index < -0.39 is 5.76 Å². The van der Waals surface area contributed by atoms with E-state index in [0.717, 1.165) is 4.68 Å². The summed E-state index contributed by atoms with van der Waals surface area (Å²) in [5.74, 6) is -0.409. The second-order valence-electron chi connectivity index (χ2n) is 3.01. The third-order valence-electron chi connectivity index (χ3n) is 1.71. The number of furan rings is 1. The van der Waals surface area contributed by atoms with Gasteiger partial charge in [0, 0.05) is 0 Å². The topological polar surface area (TPSA) is 78.2 Å². The van der Waals surface area contributed by atoms with E-state index in [1.165, 1.54) is 13.2 Å². The summed E-state index contributed by atoms with van der Waals surface area (Å²) in [6.07, 6.45) is 1.44. The normalized spacial score (nSPS) is 10.5. The average molecular weight is 208 g/mol. The SMILES string of the molecule is CC(=O)Cn1nc(-c2ccco2)oc1=O. The molecule has 0 aliphatic carbocycles. The van der Waals surface area contributed by atoms with E-state index >= 15 is 0 Å². The van der Waals surface area contributed by atoms with Gasteiger partial charge in [0.25, 0.3) is 5.89 Å². The molecular formula is C9H8N2O4. The van der Waals surface area contributed by atoms with Crippen molar-refractivity contribution in [2.75, 3.05) is 0 Å². The number of ketones is 1. The molecule has 0 aliphatic heterocycles. The maximum atomic E-state index is 11.2. The summed E-state index contributed by atoms with van der Waals surface area (Å²) in [6.45, 7) is 1.27. The molecule has 0 saturated heterocycles. The first kappa shape index (κ1) is 9.45. The molecule has 0 aromatic carbocycles. The first-order chi connectivity index (χ1) is 7.16. The molecule has 6 nitrogen and oxygen atoms in total. The molecule has 0 N–H and O–H groups in total. The molecule has 2 aromatic heterocycles. The van der Waals surface area contributed by atoms with E-state index in [4.69, 9.17) is 8.83 Å². The number of carbonyl (C=O) groups excluding carboxylic acids is 1. The van der Waals surface area contributed by atoms with Gasteiger partial charge in [0.2, 0.25) is 0 Å². The van der Waals surface area contributed by atoms with E-state index in [2.05, 4.69) is 5.10 Å². The molecule has 0 atom stereocenters. The molecule has 2 heterocycles. The van der Waals surface area contributed by atoms with Gasteiger partial charge in [-0.25, -0.2) is 4.79 Å². The summed E-state index contributed by atoms with van der Waals surface area (Å²) in [4.78, 5) is 22.0. The molecule has 0 radical (unpaired) electrons. The van der Waals surface area contributed by atoms with Gasteiger partial charge in [-0.3, -0.25) is 4.79 Å². The fourth-order valence-corrected chi connectivity index (χ4v) is 1.12. The monoisotopic (exact) mass is 208 g/mol. The van der Waals surface area contributed by atoms with Gasteiger partial charge in [-0.15, -0.1) is 5.10 Å². The van der Waals surface area contributed by atoms with Crippen LogP contribution in [0.2, 0.25) is 0 Å². The highest BCUT2D eigenvalue weighted by atomic mass is 16.4. The molecule has 2 aromatic rings. The molecule has 78 valence electrons. The van der Waals surface area contributed by atoms with Crippen LogP contribution in [0.4, 0.5) is 0 Å². The number of rotatable bonds is 3. The molecule has 0 fully saturated rings. The summed E-state index contributed by atoms with van der Waals surface area (Å²) in [5, 5.41) is 3.82. The third-order valence-corrected chi connectivity index (χ3v) is 1.71. The lowest BCUT2D eigenvalue weighted by Crippen LogP contribution is -2.19. The Morgan fingerprint density at radius 2 is 2.40 bits per heavy atom. The van der Waals surface area contributed by atoms with Crippen LogP contribution in [0, 0.1) is 0 Å². The zero-order chi connectivity index (χ0) is 10.8. The molecule has 15 heavy (non-hydrogen) atoms. The van der Waals surface area contributed by atoms with Crippen LogP contribution in [0.5, 0.6) is 0 Å². The first-order valence-electron chi connectivity index (χ1n) is 4.28. The lowest BCUT2D eigenvalue weighted by Gasteiger charge is -1.90. The molecular weight excluding hydrogens is 200 g/mol. The minimum Gasteiger partial charge on any atom is -0.459 e. The van der Waals surface area contributed by atoms with Crippen molar-refractivity contribution < 1.29 is 13.6 Å². The van der Waals surface area contributed by atoms with Crippen LogP contribution in [0.15, 0.2) is 32.0 Å². The van der Waals surface area contributed by atoms with Crippen molar-refractivity contribution in [1.82, 2.24) is 9.78 Å². The Morgan fingerprint density at radius 3 is 3.00 bits per heavy atom. The summed E-state index contributed by atoms with van der Waals surface area (Å²) >= 11 is 0. The third kappa shape index (κ3) is 1.88. The Labute approximate surface area is 84.1 Å². The van der Waals surface area contributed by atoms with Gasteiger partial charge in [-0.05, 0) is 19.1 Å². The van der Waals surface area contributed by atoms with Crippen molar-refractivity contribution in [2.24, 2.45) is 0 Å². The van der Waals surface area contributed by atoms with Crippen LogP contribution in [-0.2, 0) is 11.3 Å². The van der Waals surface area contributed by atoms with Gasteiger partial charge in [0.15, 0.2) is 11.5 Å². The van der Waals surface area contributed by atoms with Crippen LogP contribution < -0.4 is 5.76 Å². The second-order valence-corrected chi connectivity index (χ2v) is 3.01. The summed E-state index contributed by atoms with van der Waals surface area (Å²) in [6, 6.07) is 3.27. The van der Waals surface area contributed by atoms with Crippen molar-refractivity contribution in [3.8, 4) is 11.7 Å². The van der Waals surface area contributed by atoms with Crippen LogP contribution >= 0.6 is 0 Å². The van der Waals surface area contributed by atoms with E-state index in [1.54, 1.807) is 12.1 Å². The zero-order valence-corrected chi connectivity index (χ0v) is 7.97. The van der Waals surface area contributed by atoms with Crippen molar-refractivity contribution in [3.05, 3.63) is 28.9 Å². The molecule has 0 unspecified atom stereocenters. The second kappa shape index (κ2) is 3.56. The van der Waals surface area contributed by atoms with Gasteiger partial charge < -0.3 is 8.83 Å². The van der Waals surface area contributed by atoms with Crippen molar-refractivity contribution in [1.29, 1.82) is 0 Å². The fourth-order valence-electron chi connectivity index (χ4n) is 1.12. The standard InChI is InChI=1S/C9H8N2O4/c1-6(12)5-11-9(13)15-8(10-11)7-3-2-4-14-7/h2-4H,5H2,1H3. The predicted octanol–water partition coefficient (Wildman–Crippen LogP) is 0.685. The van der Waals surface area contributed by atoms with Crippen LogP contribution in [0.25, 0.3) is 11.7 Å². The van der Waals surface area contributed by atoms with Gasteiger partial charge in [0.1, 0.15) is 6.54 Å². The van der Waals surface area contributed by atoms with Crippen molar-refractivity contribution in [2.45, 2.75) is 13.5 Å². The van der Waals surface area contributed by atoms with E-state index in [1.807, 2.05) is 0 Å². The summed E-state index contributed by atoms with van der Waals surface area (Å²) < 4.78 is 10.8. The molecule has 6 heteroatoms. The number of Topliss-reactive ketones (excluding diaryl/α,β-unsaturated/α-hetero) is 1. The average Bonchev–Trinajstić information content (AvgIpc) is 2.75. The Balaban J connectivity index is 2.37. The molecule has 0 bridgehead atoms. The zero-order valence-electron chi connectivity index (χ0n) is 7.97. The largest absolute Gasteiger partial charge is 0.459 e. The number of carbonyl (C=O) groups is 1. The Morgan fingerprint density at radius 1 is 1.60 bits per heavy atom. The van der Waals surface area contributed by atoms with Gasteiger partial charge in [-0.1, -0.05) is 0 Å². The van der Waals surface area contributed by atoms with Crippen LogP contribution in [-0.4, -0.2) is 15.6 Å². The molecule has 2 rings (SSSR count). The van der Waals surface area contributed by atoms with Crippen LogP contribution in [0.3, 0.4) is 0 Å². The molecule has 0 amide bonds. The molecule has 0 aliphatic rings. The number of hydrogen-bond acceptors (Lipinski definition) is 5. The lowest BCUT2D eigenvalue weighted by atomic mass is 10.4. The summed E-state index contributed by atoms with van der Waals surface area (Å²) in [7, 11) is 0. The predicted molar refractivity (Wildman–Crippen MR) is 49.1 cm³/mol. The smallest absolute Gasteiger partial charge is 0.437 e. The Hall–Kier alpha value is -2.11. The van der Waals surface area contributed by atoms with Crippen molar-refractivity contribution in [3.63, 3.8) is 0 Å². The van der Waals surface area contributed by atoms with Gasteiger partial charge >= 0.3 is 5.76 Å².